The second kappa shape index (κ2) is 9.50. The molecule has 1 saturated heterocycles. The highest BCUT2D eigenvalue weighted by Crippen LogP contribution is 2.28. The van der Waals surface area contributed by atoms with Gasteiger partial charge < -0.3 is 14.8 Å². The van der Waals surface area contributed by atoms with Gasteiger partial charge in [-0.05, 0) is 68.5 Å². The Kier molecular flexibility index (Phi) is 6.79. The minimum atomic E-state index is -0.149. The van der Waals surface area contributed by atoms with E-state index in [9.17, 15) is 4.79 Å². The van der Waals surface area contributed by atoms with Crippen LogP contribution in [0.15, 0.2) is 60.3 Å². The van der Waals surface area contributed by atoms with E-state index >= 15 is 0 Å². The molecule has 156 valence electrons. The van der Waals surface area contributed by atoms with Gasteiger partial charge in [0.05, 0.1) is 16.9 Å². The summed E-state index contributed by atoms with van der Waals surface area (Å²) in [6.07, 6.45) is 7.75. The van der Waals surface area contributed by atoms with Crippen LogP contribution in [-0.2, 0) is 4.79 Å². The molecule has 0 unspecified atom stereocenters. The number of fused-ring (bicyclic) bond motifs is 1. The zero-order valence-electron chi connectivity index (χ0n) is 18.0. The van der Waals surface area contributed by atoms with Crippen LogP contribution in [-0.4, -0.2) is 59.6 Å². The predicted molar refractivity (Wildman–Crippen MR) is 126 cm³/mol. The van der Waals surface area contributed by atoms with E-state index in [0.717, 1.165) is 48.5 Å². The standard InChI is InChI=1S/C24H29N5O/c1-6-25-20(17(2)3)9-7-19(30)8-10-23-26-21-15-18(4)16-22(24(21)27-23)29-13-11-28(5)12-14-29/h6-10,15-16H,1-2,11-14H2,3-5H3,(H,26,27)/b9-7+,10-8+,25-20?. The molecule has 0 saturated carbocycles. The van der Waals surface area contributed by atoms with Crippen LogP contribution in [0.4, 0.5) is 5.69 Å². The van der Waals surface area contributed by atoms with E-state index in [2.05, 4.69) is 59.0 Å². The Hall–Kier alpha value is -3.25. The van der Waals surface area contributed by atoms with Crippen LogP contribution in [0.25, 0.3) is 17.1 Å². The van der Waals surface area contributed by atoms with Crippen molar-refractivity contribution >= 4 is 34.3 Å². The Balaban J connectivity index is 1.81. The average Bonchev–Trinajstić information content (AvgIpc) is 3.12. The normalized spacial score (nSPS) is 16.1. The number of aryl methyl sites for hydroxylation is 1. The van der Waals surface area contributed by atoms with Gasteiger partial charge in [0.1, 0.15) is 11.3 Å². The molecule has 0 radical (unpaired) electrons. The highest BCUT2D eigenvalue weighted by atomic mass is 16.1. The smallest absolute Gasteiger partial charge is 0.178 e. The first-order valence-electron chi connectivity index (χ1n) is 10.1. The number of carbonyl (C=O) groups excluding carboxylic acids is 1. The van der Waals surface area contributed by atoms with Crippen molar-refractivity contribution in [2.75, 3.05) is 38.1 Å². The van der Waals surface area contributed by atoms with Gasteiger partial charge in [0.2, 0.25) is 0 Å². The zero-order valence-corrected chi connectivity index (χ0v) is 18.0. The van der Waals surface area contributed by atoms with Crippen LogP contribution in [0.2, 0.25) is 0 Å². The number of piperazine rings is 1. The second-order valence-electron chi connectivity index (χ2n) is 7.64. The minimum Gasteiger partial charge on any atom is -0.367 e. The first-order chi connectivity index (χ1) is 14.4. The van der Waals surface area contributed by atoms with Gasteiger partial charge in [0.15, 0.2) is 5.78 Å². The van der Waals surface area contributed by atoms with E-state index in [0.29, 0.717) is 11.5 Å². The van der Waals surface area contributed by atoms with Crippen molar-refractivity contribution in [1.82, 2.24) is 14.9 Å². The van der Waals surface area contributed by atoms with E-state index in [1.807, 2.05) is 6.92 Å². The molecule has 3 rings (SSSR count). The largest absolute Gasteiger partial charge is 0.367 e. The van der Waals surface area contributed by atoms with Gasteiger partial charge >= 0.3 is 0 Å². The molecule has 0 atom stereocenters. The second-order valence-corrected chi connectivity index (χ2v) is 7.64. The molecule has 0 amide bonds. The molecule has 1 aliphatic rings. The maximum atomic E-state index is 12.2. The lowest BCUT2D eigenvalue weighted by atomic mass is 10.1. The summed E-state index contributed by atoms with van der Waals surface area (Å²) in [5, 5.41) is 0. The fourth-order valence-electron chi connectivity index (χ4n) is 3.40. The van der Waals surface area contributed by atoms with Crippen molar-refractivity contribution < 1.29 is 4.79 Å². The molecular weight excluding hydrogens is 374 g/mol. The molecule has 0 spiro atoms. The summed E-state index contributed by atoms with van der Waals surface area (Å²) in [5.41, 5.74) is 5.65. The molecule has 1 aliphatic heterocycles. The lowest BCUT2D eigenvalue weighted by molar-refractivity contribution is -0.110. The molecular formula is C24H29N5O. The van der Waals surface area contributed by atoms with Crippen molar-refractivity contribution in [2.45, 2.75) is 13.8 Å². The predicted octanol–water partition coefficient (Wildman–Crippen LogP) is 3.92. The van der Waals surface area contributed by atoms with Gasteiger partial charge in [-0.15, -0.1) is 0 Å². The topological polar surface area (TPSA) is 64.6 Å². The molecule has 2 heterocycles. The van der Waals surface area contributed by atoms with E-state index in [4.69, 9.17) is 4.98 Å². The Morgan fingerprint density at radius 1 is 1.20 bits per heavy atom. The molecule has 1 fully saturated rings. The van der Waals surface area contributed by atoms with Crippen LogP contribution in [0, 0.1) is 6.92 Å². The van der Waals surface area contributed by atoms with Gasteiger partial charge in [-0.3, -0.25) is 9.79 Å². The van der Waals surface area contributed by atoms with Crippen LogP contribution in [0.5, 0.6) is 0 Å². The van der Waals surface area contributed by atoms with Crippen molar-refractivity contribution in [3.63, 3.8) is 0 Å². The molecule has 0 bridgehead atoms. The third-order valence-electron chi connectivity index (χ3n) is 5.05. The molecule has 6 nitrogen and oxygen atoms in total. The van der Waals surface area contributed by atoms with Crippen LogP contribution in [0.1, 0.15) is 18.3 Å². The van der Waals surface area contributed by atoms with Gasteiger partial charge in [-0.2, -0.15) is 0 Å². The number of aliphatic imine (C=N–C) groups is 1. The number of carbonyl (C=O) groups is 1. The number of benzene rings is 1. The maximum absolute atomic E-state index is 12.2. The number of rotatable bonds is 7. The van der Waals surface area contributed by atoms with Crippen LogP contribution < -0.4 is 4.90 Å². The number of hydrogen-bond donors (Lipinski definition) is 1. The van der Waals surface area contributed by atoms with E-state index in [-0.39, 0.29) is 5.78 Å². The fourth-order valence-corrected chi connectivity index (χ4v) is 3.40. The number of likely N-dealkylation sites (N-methyl/N-ethyl adjacent to an activating group) is 1. The summed E-state index contributed by atoms with van der Waals surface area (Å²) in [6.45, 7) is 15.4. The number of aromatic amines is 1. The Bertz CT molecular complexity index is 1050. The average molecular weight is 404 g/mol. The molecule has 6 heteroatoms. The first kappa shape index (κ1) is 21.5. The Labute approximate surface area is 178 Å². The number of nitrogens with one attached hydrogen (secondary N) is 1. The third-order valence-corrected chi connectivity index (χ3v) is 5.05. The first-order valence-corrected chi connectivity index (χ1v) is 10.1. The van der Waals surface area contributed by atoms with Gasteiger partial charge in [-0.1, -0.05) is 13.2 Å². The Morgan fingerprint density at radius 3 is 2.60 bits per heavy atom. The van der Waals surface area contributed by atoms with Gasteiger partial charge in [-0.25, -0.2) is 4.98 Å². The van der Waals surface area contributed by atoms with Crippen molar-refractivity contribution in [2.24, 2.45) is 4.99 Å². The molecule has 1 N–H and O–H groups in total. The zero-order chi connectivity index (χ0) is 21.7. The molecule has 1 aromatic heterocycles. The van der Waals surface area contributed by atoms with Crippen LogP contribution in [0.3, 0.4) is 0 Å². The number of ketones is 1. The summed E-state index contributed by atoms with van der Waals surface area (Å²) in [7, 11) is 2.15. The molecule has 2 aromatic rings. The molecule has 30 heavy (non-hydrogen) atoms. The number of aromatic nitrogens is 2. The summed E-state index contributed by atoms with van der Waals surface area (Å²) in [4.78, 5) is 29.1. The number of imidazole rings is 1. The lowest BCUT2D eigenvalue weighted by Crippen LogP contribution is -2.44. The highest BCUT2D eigenvalue weighted by molar-refractivity contribution is 6.12. The number of nitrogens with zero attached hydrogens (tertiary/aromatic N) is 4. The number of H-pyrrole nitrogens is 1. The SMILES string of the molecule is C=CN=C(/C=C/C(=O)/C=C/c1nc2c(N3CCN(C)CC3)cc(C)cc2[nH]1)C(=C)C. The maximum Gasteiger partial charge on any atom is 0.178 e. The number of hydrogen-bond acceptors (Lipinski definition) is 5. The van der Waals surface area contributed by atoms with Crippen molar-refractivity contribution in [3.8, 4) is 0 Å². The molecule has 1 aromatic carbocycles. The highest BCUT2D eigenvalue weighted by Gasteiger charge is 2.18. The summed E-state index contributed by atoms with van der Waals surface area (Å²) in [6, 6.07) is 4.28. The quantitative estimate of drug-likeness (QED) is 0.562. The monoisotopic (exact) mass is 403 g/mol. The number of allylic oxidation sites excluding steroid dienone is 4. The summed E-state index contributed by atoms with van der Waals surface area (Å²) < 4.78 is 0. The van der Waals surface area contributed by atoms with Gasteiger partial charge in [0.25, 0.3) is 0 Å². The van der Waals surface area contributed by atoms with Gasteiger partial charge in [0, 0.05) is 32.4 Å². The minimum absolute atomic E-state index is 0.149. The fraction of sp³-hybridized carbons (Fsp3) is 0.292. The van der Waals surface area contributed by atoms with Crippen LogP contribution >= 0.6 is 0 Å². The van der Waals surface area contributed by atoms with Crippen molar-refractivity contribution in [1.29, 1.82) is 0 Å². The van der Waals surface area contributed by atoms with E-state index in [1.165, 1.54) is 23.9 Å². The lowest BCUT2D eigenvalue weighted by Gasteiger charge is -2.34. The summed E-state index contributed by atoms with van der Waals surface area (Å²) >= 11 is 0. The van der Waals surface area contributed by atoms with Crippen molar-refractivity contribution in [3.05, 3.63) is 66.7 Å². The van der Waals surface area contributed by atoms with E-state index in [1.54, 1.807) is 12.2 Å². The number of anilines is 1. The third kappa shape index (κ3) is 5.21. The Morgan fingerprint density at radius 2 is 1.93 bits per heavy atom. The summed E-state index contributed by atoms with van der Waals surface area (Å²) in [5.74, 6) is 0.511. The van der Waals surface area contributed by atoms with E-state index < -0.39 is 0 Å². The molecule has 0 aliphatic carbocycles.